The molecule has 0 saturated heterocycles. The molecule has 1 aliphatic rings. The van der Waals surface area contributed by atoms with Gasteiger partial charge in [-0.15, -0.1) is 11.8 Å². The third-order valence-corrected chi connectivity index (χ3v) is 6.20. The molecule has 168 valence electrons. The monoisotopic (exact) mass is 463 g/mol. The van der Waals surface area contributed by atoms with Crippen LogP contribution in [-0.2, 0) is 10.4 Å². The Morgan fingerprint density at radius 3 is 2.13 bits per heavy atom. The summed E-state index contributed by atoms with van der Waals surface area (Å²) in [6.45, 7) is 3.32. The van der Waals surface area contributed by atoms with Gasteiger partial charge in [-0.1, -0.05) is 50.2 Å². The fraction of sp³-hybridized carbons (Fsp3) is 0.381. The summed E-state index contributed by atoms with van der Waals surface area (Å²) >= 11 is 1.04. The summed E-state index contributed by atoms with van der Waals surface area (Å²) in [6, 6.07) is 10.8. The lowest BCUT2D eigenvalue weighted by Crippen LogP contribution is -2.54. The van der Waals surface area contributed by atoms with Crippen molar-refractivity contribution in [2.45, 2.75) is 42.7 Å². The molecule has 0 saturated carbocycles. The first-order chi connectivity index (χ1) is 14.3. The summed E-state index contributed by atoms with van der Waals surface area (Å²) in [5.41, 5.74) is -5.35. The second-order valence-electron chi connectivity index (χ2n) is 7.49. The summed E-state index contributed by atoms with van der Waals surface area (Å²) in [5, 5.41) is 9.71. The van der Waals surface area contributed by atoms with Gasteiger partial charge < -0.3 is 10.0 Å². The first-order valence-corrected chi connectivity index (χ1v) is 10.3. The van der Waals surface area contributed by atoms with Crippen LogP contribution in [0.25, 0.3) is 0 Å². The number of hydrogen-bond donors (Lipinski definition) is 1. The summed E-state index contributed by atoms with van der Waals surface area (Å²) in [7, 11) is 0. The number of hydrogen-bond acceptors (Lipinski definition) is 3. The SMILES string of the molecule is CC(C)C(=O)N1c2ccc(C(O)(C(F)(F)F)C(F)(F)F)cc2SCC1c1ccccc1. The van der Waals surface area contributed by atoms with E-state index in [1.165, 1.54) is 4.90 Å². The number of fused-ring (bicyclic) bond motifs is 1. The molecule has 1 amide bonds. The zero-order valence-electron chi connectivity index (χ0n) is 16.5. The van der Waals surface area contributed by atoms with Crippen LogP contribution in [0.4, 0.5) is 32.0 Å². The number of anilines is 1. The van der Waals surface area contributed by atoms with Crippen molar-refractivity contribution < 1.29 is 36.2 Å². The topological polar surface area (TPSA) is 40.5 Å². The minimum atomic E-state index is -5.97. The molecule has 1 atom stereocenters. The normalized spacial score (nSPS) is 17.6. The average molecular weight is 463 g/mol. The second kappa shape index (κ2) is 8.05. The van der Waals surface area contributed by atoms with Gasteiger partial charge in [0.25, 0.3) is 5.60 Å². The van der Waals surface area contributed by atoms with Crippen LogP contribution in [0.5, 0.6) is 0 Å². The molecule has 1 N–H and O–H groups in total. The van der Waals surface area contributed by atoms with E-state index >= 15 is 0 Å². The van der Waals surface area contributed by atoms with E-state index in [9.17, 15) is 36.2 Å². The number of alkyl halides is 6. The van der Waals surface area contributed by atoms with Gasteiger partial charge in [-0.3, -0.25) is 4.79 Å². The maximum absolute atomic E-state index is 13.3. The molecule has 0 radical (unpaired) electrons. The molecule has 1 aliphatic heterocycles. The maximum Gasteiger partial charge on any atom is 0.430 e. The lowest BCUT2D eigenvalue weighted by molar-refractivity contribution is -0.376. The van der Waals surface area contributed by atoms with E-state index in [2.05, 4.69) is 0 Å². The van der Waals surface area contributed by atoms with Gasteiger partial charge in [-0.2, -0.15) is 26.3 Å². The molecule has 0 bridgehead atoms. The minimum Gasteiger partial charge on any atom is -0.369 e. The second-order valence-corrected chi connectivity index (χ2v) is 8.55. The number of rotatable bonds is 3. The van der Waals surface area contributed by atoms with E-state index in [4.69, 9.17) is 0 Å². The molecule has 31 heavy (non-hydrogen) atoms. The Kier molecular flexibility index (Phi) is 6.09. The van der Waals surface area contributed by atoms with E-state index in [1.807, 2.05) is 0 Å². The van der Waals surface area contributed by atoms with Crippen molar-refractivity contribution in [2.24, 2.45) is 5.92 Å². The molecule has 10 heteroatoms. The average Bonchev–Trinajstić information content (AvgIpc) is 2.70. The molecular formula is C21H19F6NO2S. The highest BCUT2D eigenvalue weighted by molar-refractivity contribution is 7.99. The Hall–Kier alpha value is -2.20. The zero-order chi connectivity index (χ0) is 23.2. The summed E-state index contributed by atoms with van der Waals surface area (Å²) in [4.78, 5) is 14.4. The van der Waals surface area contributed by atoms with Crippen molar-refractivity contribution >= 4 is 23.4 Å². The number of aliphatic hydroxyl groups is 1. The third kappa shape index (κ3) is 4.03. The van der Waals surface area contributed by atoms with Crippen LogP contribution in [0, 0.1) is 5.92 Å². The van der Waals surface area contributed by atoms with Crippen molar-refractivity contribution in [2.75, 3.05) is 10.7 Å². The number of thioether (sulfide) groups is 1. The van der Waals surface area contributed by atoms with Gasteiger partial charge >= 0.3 is 12.4 Å². The van der Waals surface area contributed by atoms with Crippen molar-refractivity contribution in [3.05, 3.63) is 59.7 Å². The van der Waals surface area contributed by atoms with E-state index in [1.54, 1.807) is 44.2 Å². The molecule has 1 heterocycles. The van der Waals surface area contributed by atoms with Gasteiger partial charge in [0.1, 0.15) is 0 Å². The highest BCUT2D eigenvalue weighted by Crippen LogP contribution is 2.52. The summed E-state index contributed by atoms with van der Waals surface area (Å²) in [6.07, 6.45) is -11.9. The standard InChI is InChI=1S/C21H19F6NO2S/c1-12(2)18(29)28-15-9-8-14(19(30,20(22,23)24)21(25,26)27)10-17(15)31-11-16(28)13-6-4-3-5-7-13/h3-10,12,16,30H,11H2,1-2H3. The predicted octanol–water partition coefficient (Wildman–Crippen LogP) is 5.83. The van der Waals surface area contributed by atoms with Crippen LogP contribution in [0.15, 0.2) is 53.4 Å². The molecule has 0 aliphatic carbocycles. The Balaban J connectivity index is 2.14. The predicted molar refractivity (Wildman–Crippen MR) is 105 cm³/mol. The Labute approximate surface area is 179 Å². The number of amides is 1. The Bertz CT molecular complexity index is 945. The van der Waals surface area contributed by atoms with Crippen LogP contribution in [0.3, 0.4) is 0 Å². The van der Waals surface area contributed by atoms with Crippen molar-refractivity contribution in [3.63, 3.8) is 0 Å². The molecule has 0 fully saturated rings. The largest absolute Gasteiger partial charge is 0.430 e. The van der Waals surface area contributed by atoms with Crippen molar-refractivity contribution in [1.29, 1.82) is 0 Å². The summed E-state index contributed by atoms with van der Waals surface area (Å²) in [5.74, 6) is -0.538. The third-order valence-electron chi connectivity index (χ3n) is 5.08. The zero-order valence-corrected chi connectivity index (χ0v) is 17.3. The lowest BCUT2D eigenvalue weighted by atomic mass is 9.91. The number of carbonyl (C=O) groups is 1. The Morgan fingerprint density at radius 2 is 1.61 bits per heavy atom. The van der Waals surface area contributed by atoms with E-state index in [0.717, 1.165) is 23.4 Å². The fourth-order valence-corrected chi connectivity index (χ4v) is 4.63. The van der Waals surface area contributed by atoms with Gasteiger partial charge in [0.2, 0.25) is 5.91 Å². The van der Waals surface area contributed by atoms with Crippen LogP contribution >= 0.6 is 11.8 Å². The van der Waals surface area contributed by atoms with Crippen LogP contribution in [0.1, 0.15) is 31.0 Å². The van der Waals surface area contributed by atoms with Gasteiger partial charge in [-0.05, 0) is 17.7 Å². The Morgan fingerprint density at radius 1 is 1.03 bits per heavy atom. The molecular weight excluding hydrogens is 444 g/mol. The van der Waals surface area contributed by atoms with Gasteiger partial charge in [0, 0.05) is 22.1 Å². The van der Waals surface area contributed by atoms with Crippen molar-refractivity contribution in [1.82, 2.24) is 0 Å². The van der Waals surface area contributed by atoms with Crippen molar-refractivity contribution in [3.8, 4) is 0 Å². The van der Waals surface area contributed by atoms with Crippen LogP contribution in [0.2, 0.25) is 0 Å². The smallest absolute Gasteiger partial charge is 0.369 e. The number of benzene rings is 2. The molecule has 2 aromatic carbocycles. The van der Waals surface area contributed by atoms with E-state index in [0.29, 0.717) is 12.1 Å². The molecule has 3 rings (SSSR count). The molecule has 3 nitrogen and oxygen atoms in total. The first kappa shape index (κ1) is 23.5. The molecule has 0 spiro atoms. The van der Waals surface area contributed by atoms with E-state index < -0.39 is 35.5 Å². The van der Waals surface area contributed by atoms with Gasteiger partial charge in [-0.25, -0.2) is 0 Å². The van der Waals surface area contributed by atoms with Crippen LogP contribution < -0.4 is 4.90 Å². The number of carbonyl (C=O) groups excluding carboxylic acids is 1. The maximum atomic E-state index is 13.3. The lowest BCUT2D eigenvalue weighted by Gasteiger charge is -2.39. The highest BCUT2D eigenvalue weighted by atomic mass is 32.2. The highest BCUT2D eigenvalue weighted by Gasteiger charge is 2.71. The summed E-state index contributed by atoms with van der Waals surface area (Å²) < 4.78 is 79.6. The number of halogens is 6. The molecule has 1 unspecified atom stereocenters. The van der Waals surface area contributed by atoms with Gasteiger partial charge in [0.05, 0.1) is 11.7 Å². The van der Waals surface area contributed by atoms with Gasteiger partial charge in [0.15, 0.2) is 0 Å². The van der Waals surface area contributed by atoms with E-state index in [-0.39, 0.29) is 22.2 Å². The quantitative estimate of drug-likeness (QED) is 0.582. The first-order valence-electron chi connectivity index (χ1n) is 9.30. The minimum absolute atomic E-state index is 0.0607. The molecule has 2 aromatic rings. The fourth-order valence-electron chi connectivity index (χ4n) is 3.42. The van der Waals surface area contributed by atoms with Crippen LogP contribution in [-0.4, -0.2) is 29.1 Å². The number of nitrogens with zero attached hydrogens (tertiary/aromatic N) is 1. The molecule has 0 aromatic heterocycles.